The van der Waals surface area contributed by atoms with Crippen molar-refractivity contribution in [3.8, 4) is 29.2 Å². The molecule has 1 N–H and O–H groups in total. The van der Waals surface area contributed by atoms with E-state index in [1.54, 1.807) is 17.2 Å². The number of pyridine rings is 1. The van der Waals surface area contributed by atoms with Gasteiger partial charge in [-0.15, -0.1) is 0 Å². The van der Waals surface area contributed by atoms with E-state index in [9.17, 15) is 9.90 Å². The van der Waals surface area contributed by atoms with Crippen molar-refractivity contribution in [3.05, 3.63) is 47.2 Å². The van der Waals surface area contributed by atoms with Gasteiger partial charge in [-0.25, -0.2) is 4.98 Å². The molecule has 1 amide bonds. The number of hydrogen-bond acceptors (Lipinski definition) is 7. The van der Waals surface area contributed by atoms with Crippen LogP contribution < -0.4 is 14.2 Å². The summed E-state index contributed by atoms with van der Waals surface area (Å²) in [5.74, 6) is 7.86. The maximum absolute atomic E-state index is 13.5. The van der Waals surface area contributed by atoms with Gasteiger partial charge in [0.2, 0.25) is 12.7 Å². The summed E-state index contributed by atoms with van der Waals surface area (Å²) < 4.78 is 17.3. The van der Waals surface area contributed by atoms with Crippen molar-refractivity contribution >= 4 is 5.91 Å². The standard InChI is InChI=1S/C28H35N3O5/c1-5-6-7-8-21-11-23-27(29-13-21)36-26(19(2)14-31(28(23)33)20(3)17-32)16-30(4)15-22-9-10-24-25(12-22)35-18-34-24/h9-13,19-20,26,32H,5-6,14-18H2,1-4H3/t19-,20-,26+/m1/s1. The predicted octanol–water partition coefficient (Wildman–Crippen LogP) is 3.31. The molecule has 0 aliphatic carbocycles. The number of rotatable bonds is 7. The first-order valence-electron chi connectivity index (χ1n) is 12.5. The number of nitrogens with zero attached hydrogens (tertiary/aromatic N) is 3. The minimum absolute atomic E-state index is 0.0149. The predicted molar refractivity (Wildman–Crippen MR) is 136 cm³/mol. The first-order valence-corrected chi connectivity index (χ1v) is 12.5. The molecular weight excluding hydrogens is 458 g/mol. The molecule has 0 spiro atoms. The average Bonchev–Trinajstić information content (AvgIpc) is 3.34. The van der Waals surface area contributed by atoms with Crippen molar-refractivity contribution in [2.75, 3.05) is 33.5 Å². The molecule has 2 aliphatic heterocycles. The number of fused-ring (bicyclic) bond motifs is 2. The highest BCUT2D eigenvalue weighted by Gasteiger charge is 2.34. The van der Waals surface area contributed by atoms with Gasteiger partial charge < -0.3 is 24.2 Å². The van der Waals surface area contributed by atoms with E-state index in [0.717, 1.165) is 29.9 Å². The largest absolute Gasteiger partial charge is 0.472 e. The number of aliphatic hydroxyl groups is 1. The Bertz CT molecular complexity index is 1140. The van der Waals surface area contributed by atoms with Gasteiger partial charge in [-0.1, -0.05) is 31.8 Å². The summed E-state index contributed by atoms with van der Waals surface area (Å²) in [7, 11) is 2.04. The Morgan fingerprint density at radius 1 is 1.28 bits per heavy atom. The van der Waals surface area contributed by atoms with Gasteiger partial charge in [-0.2, -0.15) is 0 Å². The second-order valence-electron chi connectivity index (χ2n) is 9.64. The molecule has 36 heavy (non-hydrogen) atoms. The molecule has 1 aromatic heterocycles. The highest BCUT2D eigenvalue weighted by atomic mass is 16.7. The van der Waals surface area contributed by atoms with Crippen LogP contribution in [0.25, 0.3) is 0 Å². The molecule has 8 nitrogen and oxygen atoms in total. The third-order valence-corrected chi connectivity index (χ3v) is 6.51. The molecule has 192 valence electrons. The van der Waals surface area contributed by atoms with Crippen LogP contribution in [0.1, 0.15) is 55.1 Å². The number of unbranched alkanes of at least 4 members (excludes halogenated alkanes) is 1. The summed E-state index contributed by atoms with van der Waals surface area (Å²) >= 11 is 0. The van der Waals surface area contributed by atoms with Gasteiger partial charge in [0.25, 0.3) is 5.91 Å². The highest BCUT2D eigenvalue weighted by Crippen LogP contribution is 2.33. The van der Waals surface area contributed by atoms with Crippen molar-refractivity contribution in [1.29, 1.82) is 0 Å². The van der Waals surface area contributed by atoms with Crippen molar-refractivity contribution in [2.24, 2.45) is 5.92 Å². The first kappa shape index (κ1) is 25.8. The van der Waals surface area contributed by atoms with Crippen LogP contribution in [0.5, 0.6) is 17.4 Å². The number of carbonyl (C=O) groups is 1. The molecule has 0 saturated carbocycles. The molecule has 2 aromatic rings. The third kappa shape index (κ3) is 5.92. The molecule has 2 aliphatic rings. The van der Waals surface area contributed by atoms with Gasteiger partial charge in [0.05, 0.1) is 12.6 Å². The Labute approximate surface area is 213 Å². The van der Waals surface area contributed by atoms with Gasteiger partial charge in [-0.05, 0) is 44.2 Å². The van der Waals surface area contributed by atoms with E-state index >= 15 is 0 Å². The van der Waals surface area contributed by atoms with Crippen LogP contribution in [0.3, 0.4) is 0 Å². The summed E-state index contributed by atoms with van der Waals surface area (Å²) in [6, 6.07) is 7.40. The molecule has 3 heterocycles. The fraction of sp³-hybridized carbons (Fsp3) is 0.500. The lowest BCUT2D eigenvalue weighted by Gasteiger charge is -2.37. The van der Waals surface area contributed by atoms with E-state index in [1.165, 1.54) is 0 Å². The Kier molecular flexibility index (Phi) is 8.34. The number of benzene rings is 1. The molecule has 8 heteroatoms. The van der Waals surface area contributed by atoms with Crippen LogP contribution in [0.15, 0.2) is 30.5 Å². The highest BCUT2D eigenvalue weighted by molar-refractivity contribution is 5.97. The monoisotopic (exact) mass is 493 g/mol. The summed E-state index contributed by atoms with van der Waals surface area (Å²) in [6.07, 6.45) is 3.20. The van der Waals surface area contributed by atoms with Crippen LogP contribution in [0.4, 0.5) is 0 Å². The Morgan fingerprint density at radius 2 is 2.08 bits per heavy atom. The van der Waals surface area contributed by atoms with Crippen molar-refractivity contribution in [2.45, 2.75) is 52.3 Å². The molecular formula is C28H35N3O5. The van der Waals surface area contributed by atoms with Gasteiger partial charge in [0, 0.05) is 43.7 Å². The number of aromatic nitrogens is 1. The fourth-order valence-corrected chi connectivity index (χ4v) is 4.40. The van der Waals surface area contributed by atoms with E-state index in [4.69, 9.17) is 14.2 Å². The normalized spacial score (nSPS) is 19.6. The van der Waals surface area contributed by atoms with Crippen LogP contribution in [-0.4, -0.2) is 71.5 Å². The Balaban J connectivity index is 1.57. The van der Waals surface area contributed by atoms with Gasteiger partial charge >= 0.3 is 0 Å². The second-order valence-corrected chi connectivity index (χ2v) is 9.64. The van der Waals surface area contributed by atoms with E-state index in [-0.39, 0.29) is 37.4 Å². The zero-order valence-electron chi connectivity index (χ0n) is 21.5. The number of aliphatic hydroxyl groups excluding tert-OH is 1. The zero-order valence-corrected chi connectivity index (χ0v) is 21.5. The van der Waals surface area contributed by atoms with E-state index < -0.39 is 0 Å². The molecule has 1 aromatic carbocycles. The third-order valence-electron chi connectivity index (χ3n) is 6.51. The maximum Gasteiger partial charge on any atom is 0.259 e. The Morgan fingerprint density at radius 3 is 2.86 bits per heavy atom. The molecule has 0 radical (unpaired) electrons. The maximum atomic E-state index is 13.5. The summed E-state index contributed by atoms with van der Waals surface area (Å²) in [5.41, 5.74) is 2.18. The molecule has 4 rings (SSSR count). The summed E-state index contributed by atoms with van der Waals surface area (Å²) in [5, 5.41) is 9.85. The second kappa shape index (κ2) is 11.6. The molecule has 0 unspecified atom stereocenters. The average molecular weight is 494 g/mol. The van der Waals surface area contributed by atoms with Crippen molar-refractivity contribution in [3.63, 3.8) is 0 Å². The molecule has 0 saturated heterocycles. The van der Waals surface area contributed by atoms with Crippen LogP contribution in [0, 0.1) is 17.8 Å². The molecule has 3 atom stereocenters. The Hall–Kier alpha value is -3.28. The lowest BCUT2D eigenvalue weighted by Crippen LogP contribution is -2.49. The van der Waals surface area contributed by atoms with Gasteiger partial charge in [0.15, 0.2) is 11.5 Å². The number of hydrogen-bond donors (Lipinski definition) is 1. The van der Waals surface area contributed by atoms with E-state index in [2.05, 4.69) is 35.6 Å². The van der Waals surface area contributed by atoms with E-state index in [1.807, 2.05) is 32.2 Å². The molecule has 0 fully saturated rings. The lowest BCUT2D eigenvalue weighted by molar-refractivity contribution is 0.0325. The van der Waals surface area contributed by atoms with Gasteiger partial charge in [0.1, 0.15) is 11.7 Å². The number of ether oxygens (including phenoxy) is 3. The minimum atomic E-state index is -0.326. The van der Waals surface area contributed by atoms with Crippen LogP contribution >= 0.6 is 0 Å². The first-order chi connectivity index (χ1) is 17.4. The van der Waals surface area contributed by atoms with Crippen LogP contribution in [-0.2, 0) is 6.54 Å². The topological polar surface area (TPSA) is 84.4 Å². The zero-order chi connectivity index (χ0) is 25.7. The number of carbonyl (C=O) groups excluding carboxylic acids is 1. The van der Waals surface area contributed by atoms with E-state index in [0.29, 0.717) is 36.6 Å². The summed E-state index contributed by atoms with van der Waals surface area (Å²) in [6.45, 7) is 7.92. The summed E-state index contributed by atoms with van der Waals surface area (Å²) in [4.78, 5) is 21.9. The molecule has 0 bridgehead atoms. The van der Waals surface area contributed by atoms with Gasteiger partial charge in [-0.3, -0.25) is 9.69 Å². The smallest absolute Gasteiger partial charge is 0.259 e. The number of likely N-dealkylation sites (N-methyl/N-ethyl adjacent to an activating group) is 1. The lowest BCUT2D eigenvalue weighted by atomic mass is 9.99. The quantitative estimate of drug-likeness (QED) is 0.593. The number of amides is 1. The van der Waals surface area contributed by atoms with Crippen LogP contribution in [0.2, 0.25) is 0 Å². The fourth-order valence-electron chi connectivity index (χ4n) is 4.40. The van der Waals surface area contributed by atoms with Crippen molar-refractivity contribution in [1.82, 2.24) is 14.8 Å². The minimum Gasteiger partial charge on any atom is -0.472 e. The van der Waals surface area contributed by atoms with Crippen molar-refractivity contribution < 1.29 is 24.1 Å². The SMILES string of the molecule is CCCC#Cc1cnc2c(c1)C(=O)N([C@H](C)CO)C[C@@H](C)[C@H](CN(C)Cc1ccc3c(c1)OCO3)O2.